The second-order valence-electron chi connectivity index (χ2n) is 6.69. The van der Waals surface area contributed by atoms with Crippen molar-refractivity contribution in [3.8, 4) is 11.5 Å². The molecule has 2 heterocycles. The van der Waals surface area contributed by atoms with Crippen LogP contribution in [-0.2, 0) is 11.3 Å². The van der Waals surface area contributed by atoms with Gasteiger partial charge in [-0.1, -0.05) is 19.9 Å². The average Bonchev–Trinajstić information content (AvgIpc) is 2.59. The molecular formula is C18H26N2O4. The Bertz CT molecular complexity index is 576. The summed E-state index contributed by atoms with van der Waals surface area (Å²) < 4.78 is 16.6. The topological polar surface area (TPSA) is 60.0 Å². The van der Waals surface area contributed by atoms with Crippen molar-refractivity contribution in [2.75, 3.05) is 33.0 Å². The van der Waals surface area contributed by atoms with E-state index in [1.807, 2.05) is 23.1 Å². The summed E-state index contributed by atoms with van der Waals surface area (Å²) in [5.41, 5.74) is 1.00. The van der Waals surface area contributed by atoms with Gasteiger partial charge in [0.25, 0.3) is 0 Å². The third kappa shape index (κ3) is 4.12. The highest BCUT2D eigenvalue weighted by atomic mass is 16.6. The first kappa shape index (κ1) is 16.9. The van der Waals surface area contributed by atoms with Crippen molar-refractivity contribution >= 4 is 6.03 Å². The Morgan fingerprint density at radius 3 is 2.83 bits per heavy atom. The van der Waals surface area contributed by atoms with Crippen molar-refractivity contribution in [2.45, 2.75) is 32.9 Å². The molecule has 1 unspecified atom stereocenters. The Kier molecular flexibility index (Phi) is 5.45. The maximum absolute atomic E-state index is 12.6. The molecule has 1 saturated heterocycles. The highest BCUT2D eigenvalue weighted by Gasteiger charge is 2.27. The minimum absolute atomic E-state index is 0.0289. The van der Waals surface area contributed by atoms with E-state index in [-0.39, 0.29) is 12.1 Å². The summed E-state index contributed by atoms with van der Waals surface area (Å²) in [5.74, 6) is 2.04. The molecule has 132 valence electrons. The van der Waals surface area contributed by atoms with Crippen LogP contribution in [-0.4, -0.2) is 49.9 Å². The van der Waals surface area contributed by atoms with Gasteiger partial charge < -0.3 is 24.4 Å². The first-order valence-corrected chi connectivity index (χ1v) is 8.64. The van der Waals surface area contributed by atoms with Crippen molar-refractivity contribution in [3.05, 3.63) is 23.8 Å². The number of carbonyl (C=O) groups excluding carboxylic acids is 1. The SMILES string of the molecule is CC(C)CC1COCCN1C(=O)NCc1ccc2c(c1)OCCO2. The third-order valence-electron chi connectivity index (χ3n) is 4.28. The lowest BCUT2D eigenvalue weighted by atomic mass is 10.0. The third-order valence-corrected chi connectivity index (χ3v) is 4.28. The van der Waals surface area contributed by atoms with Gasteiger partial charge in [-0.05, 0) is 30.0 Å². The van der Waals surface area contributed by atoms with Crippen molar-refractivity contribution < 1.29 is 19.0 Å². The summed E-state index contributed by atoms with van der Waals surface area (Å²) in [4.78, 5) is 14.5. The van der Waals surface area contributed by atoms with Crippen LogP contribution in [0.25, 0.3) is 0 Å². The maximum Gasteiger partial charge on any atom is 0.318 e. The van der Waals surface area contributed by atoms with Gasteiger partial charge in [-0.2, -0.15) is 0 Å². The van der Waals surface area contributed by atoms with Crippen molar-refractivity contribution in [1.82, 2.24) is 10.2 Å². The molecular weight excluding hydrogens is 308 g/mol. The maximum atomic E-state index is 12.6. The predicted octanol–water partition coefficient (Wildman–Crippen LogP) is 2.41. The van der Waals surface area contributed by atoms with E-state index >= 15 is 0 Å². The molecule has 24 heavy (non-hydrogen) atoms. The number of fused-ring (bicyclic) bond motifs is 1. The zero-order valence-corrected chi connectivity index (χ0v) is 14.4. The van der Waals surface area contributed by atoms with E-state index in [9.17, 15) is 4.79 Å². The second-order valence-corrected chi connectivity index (χ2v) is 6.69. The van der Waals surface area contributed by atoms with Crippen LogP contribution in [0.1, 0.15) is 25.8 Å². The molecule has 0 spiro atoms. The molecule has 1 atom stereocenters. The molecule has 3 rings (SSSR count). The van der Waals surface area contributed by atoms with E-state index in [1.165, 1.54) is 0 Å². The predicted molar refractivity (Wildman–Crippen MR) is 90.4 cm³/mol. The average molecular weight is 334 g/mol. The van der Waals surface area contributed by atoms with Crippen LogP contribution in [0, 0.1) is 5.92 Å². The van der Waals surface area contributed by atoms with E-state index in [4.69, 9.17) is 14.2 Å². The largest absolute Gasteiger partial charge is 0.486 e. The Morgan fingerprint density at radius 2 is 2.04 bits per heavy atom. The molecule has 0 aromatic heterocycles. The van der Waals surface area contributed by atoms with Crippen molar-refractivity contribution in [1.29, 1.82) is 0 Å². The Hall–Kier alpha value is -1.95. The highest BCUT2D eigenvalue weighted by molar-refractivity contribution is 5.74. The summed E-state index contributed by atoms with van der Waals surface area (Å²) >= 11 is 0. The molecule has 6 nitrogen and oxygen atoms in total. The number of hydrogen-bond acceptors (Lipinski definition) is 4. The smallest absolute Gasteiger partial charge is 0.318 e. The molecule has 1 aromatic rings. The normalized spacial score (nSPS) is 20.1. The Morgan fingerprint density at radius 1 is 1.25 bits per heavy atom. The van der Waals surface area contributed by atoms with Crippen LogP contribution in [0.15, 0.2) is 18.2 Å². The lowest BCUT2D eigenvalue weighted by Gasteiger charge is -2.36. The van der Waals surface area contributed by atoms with E-state index in [0.717, 1.165) is 23.5 Å². The van der Waals surface area contributed by atoms with Gasteiger partial charge in [0.2, 0.25) is 0 Å². The molecule has 2 aliphatic heterocycles. The number of carbonyl (C=O) groups is 1. The van der Waals surface area contributed by atoms with Crippen LogP contribution in [0.4, 0.5) is 4.79 Å². The lowest BCUT2D eigenvalue weighted by Crippen LogP contribution is -2.52. The van der Waals surface area contributed by atoms with Crippen LogP contribution >= 0.6 is 0 Å². The van der Waals surface area contributed by atoms with Gasteiger partial charge in [0, 0.05) is 13.1 Å². The van der Waals surface area contributed by atoms with Crippen LogP contribution in [0.5, 0.6) is 11.5 Å². The quantitative estimate of drug-likeness (QED) is 0.919. The zero-order chi connectivity index (χ0) is 16.9. The van der Waals surface area contributed by atoms with Gasteiger partial charge in [0.1, 0.15) is 13.2 Å². The van der Waals surface area contributed by atoms with Gasteiger partial charge in [-0.25, -0.2) is 4.79 Å². The first-order valence-electron chi connectivity index (χ1n) is 8.64. The van der Waals surface area contributed by atoms with Crippen molar-refractivity contribution in [2.24, 2.45) is 5.92 Å². The molecule has 1 N–H and O–H groups in total. The number of amides is 2. The molecule has 0 radical (unpaired) electrons. The standard InChI is InChI=1S/C18H26N2O4/c1-13(2)9-15-12-22-6-5-20(15)18(21)19-11-14-3-4-16-17(10-14)24-8-7-23-16/h3-4,10,13,15H,5-9,11-12H2,1-2H3,(H,19,21). The summed E-state index contributed by atoms with van der Waals surface area (Å²) in [6.45, 7) is 7.82. The fraction of sp³-hybridized carbons (Fsp3) is 0.611. The number of benzene rings is 1. The number of hydrogen-bond donors (Lipinski definition) is 1. The zero-order valence-electron chi connectivity index (χ0n) is 14.4. The molecule has 2 aliphatic rings. The van der Waals surface area contributed by atoms with Gasteiger partial charge in [0.05, 0.1) is 19.3 Å². The van der Waals surface area contributed by atoms with Crippen LogP contribution < -0.4 is 14.8 Å². The molecule has 6 heteroatoms. The number of ether oxygens (including phenoxy) is 3. The summed E-state index contributed by atoms with van der Waals surface area (Å²) in [6.07, 6.45) is 0.956. The fourth-order valence-corrected chi connectivity index (χ4v) is 3.14. The summed E-state index contributed by atoms with van der Waals surface area (Å²) in [7, 11) is 0. The Labute approximate surface area is 143 Å². The molecule has 1 fully saturated rings. The minimum atomic E-state index is -0.0289. The van der Waals surface area contributed by atoms with Gasteiger partial charge >= 0.3 is 6.03 Å². The second kappa shape index (κ2) is 7.75. The monoisotopic (exact) mass is 334 g/mol. The molecule has 0 saturated carbocycles. The van der Waals surface area contributed by atoms with E-state index in [1.54, 1.807) is 0 Å². The van der Waals surface area contributed by atoms with Crippen LogP contribution in [0.2, 0.25) is 0 Å². The first-order chi connectivity index (χ1) is 11.6. The Balaban J connectivity index is 1.58. The molecule has 0 bridgehead atoms. The van der Waals surface area contributed by atoms with Crippen molar-refractivity contribution in [3.63, 3.8) is 0 Å². The fourth-order valence-electron chi connectivity index (χ4n) is 3.14. The molecule has 0 aliphatic carbocycles. The van der Waals surface area contributed by atoms with E-state index in [2.05, 4.69) is 19.2 Å². The molecule has 1 aromatic carbocycles. The van der Waals surface area contributed by atoms with Gasteiger partial charge in [0.15, 0.2) is 11.5 Å². The number of nitrogens with one attached hydrogen (secondary N) is 1. The van der Waals surface area contributed by atoms with E-state index < -0.39 is 0 Å². The van der Waals surface area contributed by atoms with Gasteiger partial charge in [-0.3, -0.25) is 0 Å². The number of rotatable bonds is 4. The minimum Gasteiger partial charge on any atom is -0.486 e. The van der Waals surface area contributed by atoms with Gasteiger partial charge in [-0.15, -0.1) is 0 Å². The van der Waals surface area contributed by atoms with Crippen LogP contribution in [0.3, 0.4) is 0 Å². The highest BCUT2D eigenvalue weighted by Crippen LogP contribution is 2.30. The number of urea groups is 1. The number of nitrogens with zero attached hydrogens (tertiary/aromatic N) is 1. The summed E-state index contributed by atoms with van der Waals surface area (Å²) in [6, 6.07) is 5.91. The summed E-state index contributed by atoms with van der Waals surface area (Å²) in [5, 5.41) is 3.01. The number of morpholine rings is 1. The lowest BCUT2D eigenvalue weighted by molar-refractivity contribution is 0.00551. The van der Waals surface area contributed by atoms with E-state index in [0.29, 0.717) is 45.4 Å². The molecule has 2 amide bonds.